The van der Waals surface area contributed by atoms with E-state index in [1.807, 2.05) is 0 Å². The minimum absolute atomic E-state index is 0.352. The van der Waals surface area contributed by atoms with E-state index in [1.54, 1.807) is 0 Å². The second-order valence-electron chi connectivity index (χ2n) is 12.2. The molecule has 0 aliphatic carbocycles. The predicted molar refractivity (Wildman–Crippen MR) is 120 cm³/mol. The van der Waals surface area contributed by atoms with Crippen molar-refractivity contribution >= 4 is 0 Å². The van der Waals surface area contributed by atoms with Crippen LogP contribution in [0.15, 0.2) is 0 Å². The molecule has 0 spiro atoms. The summed E-state index contributed by atoms with van der Waals surface area (Å²) in [7, 11) is 0. The molecule has 2 rings (SSSR count). The lowest BCUT2D eigenvalue weighted by molar-refractivity contribution is 0.0686. The molecule has 0 aromatic carbocycles. The van der Waals surface area contributed by atoms with Crippen molar-refractivity contribution in [2.24, 2.45) is 29.1 Å². The quantitative estimate of drug-likeness (QED) is 0.534. The van der Waals surface area contributed by atoms with E-state index in [2.05, 4.69) is 65.2 Å². The highest BCUT2D eigenvalue weighted by molar-refractivity contribution is 4.84. The molecule has 0 amide bonds. The van der Waals surface area contributed by atoms with Crippen LogP contribution in [-0.2, 0) is 0 Å². The van der Waals surface area contributed by atoms with Crippen LogP contribution in [0.2, 0.25) is 0 Å². The van der Waals surface area contributed by atoms with E-state index < -0.39 is 0 Å². The molecular weight excluding hydrogens is 328 g/mol. The third-order valence-corrected chi connectivity index (χ3v) is 7.51. The highest BCUT2D eigenvalue weighted by Crippen LogP contribution is 2.34. The summed E-state index contributed by atoms with van der Waals surface area (Å²) in [5.74, 6) is 3.76. The molecule has 0 N–H and O–H groups in total. The largest absolute Gasteiger partial charge is 0.303 e. The second kappa shape index (κ2) is 9.61. The van der Waals surface area contributed by atoms with E-state index in [0.717, 1.165) is 23.7 Å². The fourth-order valence-electron chi connectivity index (χ4n) is 5.49. The molecule has 2 nitrogen and oxygen atoms in total. The fourth-order valence-corrected chi connectivity index (χ4v) is 5.49. The first-order valence-corrected chi connectivity index (χ1v) is 11.9. The molecule has 0 bridgehead atoms. The maximum absolute atomic E-state index is 2.70. The monoisotopic (exact) mass is 378 g/mol. The number of piperidine rings is 2. The summed E-state index contributed by atoms with van der Waals surface area (Å²) in [6.07, 6.45) is 8.58. The Balaban J connectivity index is 1.66. The van der Waals surface area contributed by atoms with Crippen molar-refractivity contribution in [1.29, 1.82) is 0 Å². The molecule has 0 aromatic rings. The maximum Gasteiger partial charge on any atom is 0.0125 e. The number of nitrogens with zero attached hydrogens (tertiary/aromatic N) is 2. The molecule has 2 unspecified atom stereocenters. The van der Waals surface area contributed by atoms with Crippen LogP contribution in [0, 0.1) is 29.1 Å². The summed E-state index contributed by atoms with van der Waals surface area (Å²) in [4.78, 5) is 5.39. The molecule has 0 radical (unpaired) electrons. The Morgan fingerprint density at radius 3 is 1.48 bits per heavy atom. The maximum atomic E-state index is 2.70. The zero-order valence-electron chi connectivity index (χ0n) is 20.0. The van der Waals surface area contributed by atoms with Crippen molar-refractivity contribution in [3.05, 3.63) is 0 Å². The van der Waals surface area contributed by atoms with Gasteiger partial charge in [-0.05, 0) is 102 Å². The zero-order valence-corrected chi connectivity index (χ0v) is 20.0. The Morgan fingerprint density at radius 1 is 0.704 bits per heavy atom. The van der Waals surface area contributed by atoms with Gasteiger partial charge in [0.1, 0.15) is 0 Å². The molecule has 0 aromatic heterocycles. The van der Waals surface area contributed by atoms with Crippen molar-refractivity contribution < 1.29 is 0 Å². The van der Waals surface area contributed by atoms with Gasteiger partial charge >= 0.3 is 0 Å². The van der Waals surface area contributed by atoms with Crippen molar-refractivity contribution in [3.8, 4) is 0 Å². The molecule has 160 valence electrons. The zero-order chi connectivity index (χ0) is 20.2. The van der Waals surface area contributed by atoms with Crippen LogP contribution in [-0.4, -0.2) is 48.1 Å². The Hall–Kier alpha value is -0.0800. The third-order valence-electron chi connectivity index (χ3n) is 7.51. The van der Waals surface area contributed by atoms with Crippen LogP contribution in [0.3, 0.4) is 0 Å². The van der Waals surface area contributed by atoms with Gasteiger partial charge < -0.3 is 4.90 Å². The van der Waals surface area contributed by atoms with Gasteiger partial charge in [0.25, 0.3) is 0 Å². The Labute approximate surface area is 171 Å². The highest BCUT2D eigenvalue weighted by atomic mass is 15.2. The van der Waals surface area contributed by atoms with Crippen LogP contribution in [0.25, 0.3) is 0 Å². The van der Waals surface area contributed by atoms with Crippen molar-refractivity contribution in [3.63, 3.8) is 0 Å². The molecule has 2 saturated heterocycles. The van der Waals surface area contributed by atoms with E-state index in [0.29, 0.717) is 11.0 Å². The molecule has 0 saturated carbocycles. The standard InChI is InChI=1S/C25H50N2/c1-20(22-11-15-26(16-12-22)19-24(3,4)5)9-10-21(2)23-13-17-27(18-14-23)25(6,7)8/h20-23H,9-19H2,1-8H3. The Bertz CT molecular complexity index is 415. The molecule has 2 atom stereocenters. The van der Waals surface area contributed by atoms with Gasteiger partial charge in [0.15, 0.2) is 0 Å². The molecular formula is C25H50N2. The van der Waals surface area contributed by atoms with E-state index in [-0.39, 0.29) is 0 Å². The van der Waals surface area contributed by atoms with Crippen LogP contribution in [0.1, 0.15) is 93.9 Å². The average molecular weight is 379 g/mol. The Morgan fingerprint density at radius 2 is 1.11 bits per heavy atom. The third kappa shape index (κ3) is 7.69. The molecule has 2 fully saturated rings. The minimum Gasteiger partial charge on any atom is -0.303 e. The summed E-state index contributed by atoms with van der Waals surface area (Å²) >= 11 is 0. The van der Waals surface area contributed by atoms with Gasteiger partial charge in [-0.15, -0.1) is 0 Å². The first-order chi connectivity index (χ1) is 12.5. The first-order valence-electron chi connectivity index (χ1n) is 11.9. The summed E-state index contributed by atoms with van der Waals surface area (Å²) in [5, 5.41) is 0. The fraction of sp³-hybridized carbons (Fsp3) is 1.00. The van der Waals surface area contributed by atoms with Crippen LogP contribution in [0.5, 0.6) is 0 Å². The minimum atomic E-state index is 0.352. The molecule has 27 heavy (non-hydrogen) atoms. The van der Waals surface area contributed by atoms with Gasteiger partial charge in [0.2, 0.25) is 0 Å². The van der Waals surface area contributed by atoms with Gasteiger partial charge in [0.05, 0.1) is 0 Å². The topological polar surface area (TPSA) is 6.48 Å². The van der Waals surface area contributed by atoms with E-state index >= 15 is 0 Å². The lowest BCUT2D eigenvalue weighted by Crippen LogP contribution is -2.46. The second-order valence-corrected chi connectivity index (χ2v) is 12.2. The average Bonchev–Trinajstić information content (AvgIpc) is 2.58. The summed E-state index contributed by atoms with van der Waals surface area (Å²) in [6, 6.07) is 0. The lowest BCUT2D eigenvalue weighted by atomic mass is 9.77. The lowest BCUT2D eigenvalue weighted by Gasteiger charge is -2.42. The predicted octanol–water partition coefficient (Wildman–Crippen LogP) is 6.31. The SMILES string of the molecule is CC(CCC(C)C1CCN(C(C)(C)C)CC1)C1CCN(CC(C)(C)C)CC1. The van der Waals surface area contributed by atoms with Crippen molar-refractivity contribution in [2.75, 3.05) is 32.7 Å². The summed E-state index contributed by atoms with van der Waals surface area (Å²) in [6.45, 7) is 25.8. The van der Waals surface area contributed by atoms with Crippen LogP contribution < -0.4 is 0 Å². The highest BCUT2D eigenvalue weighted by Gasteiger charge is 2.30. The van der Waals surface area contributed by atoms with Crippen molar-refractivity contribution in [2.45, 2.75) is 99.5 Å². The molecule has 2 aliphatic heterocycles. The van der Waals surface area contributed by atoms with Gasteiger partial charge in [-0.1, -0.05) is 47.5 Å². The van der Waals surface area contributed by atoms with Crippen LogP contribution >= 0.6 is 0 Å². The molecule has 2 heterocycles. The van der Waals surface area contributed by atoms with E-state index in [4.69, 9.17) is 0 Å². The molecule has 2 aliphatic rings. The summed E-state index contributed by atoms with van der Waals surface area (Å²) in [5.41, 5.74) is 0.793. The van der Waals surface area contributed by atoms with Gasteiger partial charge in [0, 0.05) is 12.1 Å². The number of rotatable bonds is 6. The number of likely N-dealkylation sites (tertiary alicyclic amines) is 2. The normalized spacial score (nSPS) is 24.9. The van der Waals surface area contributed by atoms with E-state index in [9.17, 15) is 0 Å². The van der Waals surface area contributed by atoms with Gasteiger partial charge in [-0.3, -0.25) is 4.90 Å². The number of hydrogen-bond donors (Lipinski definition) is 0. The number of hydrogen-bond acceptors (Lipinski definition) is 2. The summed E-state index contributed by atoms with van der Waals surface area (Å²) < 4.78 is 0. The smallest absolute Gasteiger partial charge is 0.0125 e. The van der Waals surface area contributed by atoms with Crippen molar-refractivity contribution in [1.82, 2.24) is 9.80 Å². The molecule has 2 heteroatoms. The Kier molecular flexibility index (Phi) is 8.26. The first kappa shape index (κ1) is 23.2. The van der Waals surface area contributed by atoms with E-state index in [1.165, 1.54) is 71.2 Å². The van der Waals surface area contributed by atoms with Gasteiger partial charge in [-0.2, -0.15) is 0 Å². The van der Waals surface area contributed by atoms with Crippen LogP contribution in [0.4, 0.5) is 0 Å². The van der Waals surface area contributed by atoms with Gasteiger partial charge in [-0.25, -0.2) is 0 Å².